The van der Waals surface area contributed by atoms with Crippen molar-refractivity contribution in [1.29, 1.82) is 0 Å². The van der Waals surface area contributed by atoms with E-state index < -0.39 is 11.9 Å². The van der Waals surface area contributed by atoms with Crippen LogP contribution in [0, 0.1) is 0 Å². The van der Waals surface area contributed by atoms with Gasteiger partial charge in [0.2, 0.25) is 0 Å². The molecule has 0 atom stereocenters. The predicted molar refractivity (Wildman–Crippen MR) is 56.6 cm³/mol. The van der Waals surface area contributed by atoms with Crippen LogP contribution >= 0.6 is 0 Å². The van der Waals surface area contributed by atoms with Gasteiger partial charge in [0, 0.05) is 0 Å². The second-order valence-electron chi connectivity index (χ2n) is 3.05. The van der Waals surface area contributed by atoms with Gasteiger partial charge in [-0.05, 0) is 17.7 Å². The molecule has 0 bridgehead atoms. The Labute approximate surface area is 93.1 Å². The van der Waals surface area contributed by atoms with Gasteiger partial charge < -0.3 is 9.47 Å². The first kappa shape index (κ1) is 12.2. The molecule has 0 unspecified atom stereocenters. The molecule has 0 saturated carbocycles. The van der Waals surface area contributed by atoms with Gasteiger partial charge in [0.05, 0.1) is 19.1 Å². The van der Waals surface area contributed by atoms with Crippen LogP contribution in [0.1, 0.15) is 15.9 Å². The van der Waals surface area contributed by atoms with Crippen LogP contribution in [-0.4, -0.2) is 25.8 Å². The third kappa shape index (κ3) is 3.36. The van der Waals surface area contributed by atoms with Crippen LogP contribution in [-0.2, 0) is 20.7 Å². The zero-order valence-corrected chi connectivity index (χ0v) is 8.93. The van der Waals surface area contributed by atoms with E-state index in [-0.39, 0.29) is 13.2 Å². The van der Waals surface area contributed by atoms with Crippen molar-refractivity contribution in [1.82, 2.24) is 0 Å². The maximum atomic E-state index is 11.1. The molecule has 5 heteroatoms. The summed E-state index contributed by atoms with van der Waals surface area (Å²) in [6.07, 6.45) is 0.138. The van der Waals surface area contributed by atoms with E-state index in [0.29, 0.717) is 5.56 Å². The van der Waals surface area contributed by atoms with Gasteiger partial charge in [0.25, 0.3) is 0 Å². The fourth-order valence-corrected chi connectivity index (χ4v) is 1.19. The number of esters is 2. The third-order valence-electron chi connectivity index (χ3n) is 1.97. The van der Waals surface area contributed by atoms with E-state index in [2.05, 4.69) is 9.47 Å². The van der Waals surface area contributed by atoms with Crippen molar-refractivity contribution in [2.45, 2.75) is 6.42 Å². The van der Waals surface area contributed by atoms with E-state index in [4.69, 9.17) is 5.73 Å². The molecule has 1 rings (SSSR count). The first-order valence-corrected chi connectivity index (χ1v) is 4.70. The Morgan fingerprint density at radius 2 is 1.88 bits per heavy atom. The summed E-state index contributed by atoms with van der Waals surface area (Å²) in [5, 5.41) is 0. The highest BCUT2D eigenvalue weighted by atomic mass is 16.5. The molecule has 0 amide bonds. The molecule has 0 saturated heterocycles. The highest BCUT2D eigenvalue weighted by Crippen LogP contribution is 2.06. The maximum Gasteiger partial charge on any atom is 0.337 e. The van der Waals surface area contributed by atoms with Crippen molar-refractivity contribution in [3.8, 4) is 0 Å². The molecule has 1 aromatic rings. The second kappa shape index (κ2) is 5.87. The lowest BCUT2D eigenvalue weighted by Gasteiger charge is -2.03. The van der Waals surface area contributed by atoms with Crippen LogP contribution in [0.4, 0.5) is 0 Å². The topological polar surface area (TPSA) is 78.6 Å². The molecule has 0 aromatic heterocycles. The number of rotatable bonds is 4. The summed E-state index contributed by atoms with van der Waals surface area (Å²) < 4.78 is 9.14. The van der Waals surface area contributed by atoms with Crippen molar-refractivity contribution in [2.75, 3.05) is 13.8 Å². The smallest absolute Gasteiger partial charge is 0.337 e. The minimum atomic E-state index is -0.406. The molecule has 86 valence electrons. The van der Waals surface area contributed by atoms with Crippen molar-refractivity contribution in [3.63, 3.8) is 0 Å². The third-order valence-corrected chi connectivity index (χ3v) is 1.97. The molecule has 0 aliphatic rings. The minimum Gasteiger partial charge on any atom is -0.465 e. The van der Waals surface area contributed by atoms with Crippen LogP contribution < -0.4 is 5.73 Å². The molecule has 0 aliphatic heterocycles. The molecular weight excluding hydrogens is 210 g/mol. The quantitative estimate of drug-likeness (QED) is 0.593. The van der Waals surface area contributed by atoms with Gasteiger partial charge in [0.1, 0.15) is 6.73 Å². The maximum absolute atomic E-state index is 11.1. The lowest BCUT2D eigenvalue weighted by Crippen LogP contribution is -2.14. The largest absolute Gasteiger partial charge is 0.465 e. The number of hydrogen-bond donors (Lipinski definition) is 1. The number of nitrogens with two attached hydrogens (primary N) is 1. The average molecular weight is 223 g/mol. The summed E-state index contributed by atoms with van der Waals surface area (Å²) >= 11 is 0. The van der Waals surface area contributed by atoms with Crippen molar-refractivity contribution in [3.05, 3.63) is 35.4 Å². The Hall–Kier alpha value is -1.88. The lowest BCUT2D eigenvalue weighted by molar-refractivity contribution is -0.142. The van der Waals surface area contributed by atoms with Crippen LogP contribution in [0.2, 0.25) is 0 Å². The van der Waals surface area contributed by atoms with E-state index in [1.807, 2.05) is 0 Å². The van der Waals surface area contributed by atoms with Crippen LogP contribution in [0.25, 0.3) is 0 Å². The van der Waals surface area contributed by atoms with Gasteiger partial charge >= 0.3 is 11.9 Å². The van der Waals surface area contributed by atoms with E-state index in [0.717, 1.165) is 5.56 Å². The van der Waals surface area contributed by atoms with E-state index in [1.54, 1.807) is 24.3 Å². The van der Waals surface area contributed by atoms with Crippen molar-refractivity contribution >= 4 is 11.9 Å². The van der Waals surface area contributed by atoms with Crippen molar-refractivity contribution < 1.29 is 19.1 Å². The standard InChI is InChI=1S/C11H13NO4/c1-15-11(14)9-4-2-8(3-5-9)6-10(13)16-7-12/h2-5H,6-7,12H2,1H3. The van der Waals surface area contributed by atoms with E-state index in [1.165, 1.54) is 7.11 Å². The lowest BCUT2D eigenvalue weighted by atomic mass is 10.1. The number of ether oxygens (including phenoxy) is 2. The number of methoxy groups -OCH3 is 1. The Morgan fingerprint density at radius 3 is 2.38 bits per heavy atom. The summed E-state index contributed by atoms with van der Waals surface area (Å²) in [6.45, 7) is -0.126. The second-order valence-corrected chi connectivity index (χ2v) is 3.05. The van der Waals surface area contributed by atoms with E-state index in [9.17, 15) is 9.59 Å². The van der Waals surface area contributed by atoms with Gasteiger partial charge in [-0.2, -0.15) is 0 Å². The number of carbonyl (C=O) groups excluding carboxylic acids is 2. The molecule has 5 nitrogen and oxygen atoms in total. The Bertz CT molecular complexity index is 372. The highest BCUT2D eigenvalue weighted by Gasteiger charge is 2.07. The van der Waals surface area contributed by atoms with Crippen LogP contribution in [0.3, 0.4) is 0 Å². The fraction of sp³-hybridized carbons (Fsp3) is 0.273. The fourth-order valence-electron chi connectivity index (χ4n) is 1.19. The summed E-state index contributed by atoms with van der Waals surface area (Å²) in [5.74, 6) is -0.801. The zero-order chi connectivity index (χ0) is 12.0. The van der Waals surface area contributed by atoms with Gasteiger partial charge in [0.15, 0.2) is 0 Å². The zero-order valence-electron chi connectivity index (χ0n) is 8.93. The molecular formula is C11H13NO4. The summed E-state index contributed by atoms with van der Waals surface area (Å²) in [6, 6.07) is 6.53. The summed E-state index contributed by atoms with van der Waals surface area (Å²) in [4.78, 5) is 22.2. The van der Waals surface area contributed by atoms with Gasteiger partial charge in [-0.3, -0.25) is 10.5 Å². The molecule has 0 heterocycles. The predicted octanol–water partition coefficient (Wildman–Crippen LogP) is 0.475. The summed E-state index contributed by atoms with van der Waals surface area (Å²) in [7, 11) is 1.31. The first-order chi connectivity index (χ1) is 7.67. The van der Waals surface area contributed by atoms with Crippen LogP contribution in [0.15, 0.2) is 24.3 Å². The number of benzene rings is 1. The highest BCUT2D eigenvalue weighted by molar-refractivity contribution is 5.89. The SMILES string of the molecule is COC(=O)c1ccc(CC(=O)OCN)cc1. The van der Waals surface area contributed by atoms with Crippen molar-refractivity contribution in [2.24, 2.45) is 5.73 Å². The molecule has 2 N–H and O–H groups in total. The molecule has 0 spiro atoms. The van der Waals surface area contributed by atoms with Gasteiger partial charge in [-0.1, -0.05) is 12.1 Å². The van der Waals surface area contributed by atoms with E-state index >= 15 is 0 Å². The summed E-state index contributed by atoms with van der Waals surface area (Å²) in [5.41, 5.74) is 6.26. The minimum absolute atomic E-state index is 0.126. The Kier molecular flexibility index (Phi) is 4.47. The Morgan fingerprint density at radius 1 is 1.25 bits per heavy atom. The molecule has 0 fully saturated rings. The van der Waals surface area contributed by atoms with Crippen LogP contribution in [0.5, 0.6) is 0 Å². The average Bonchev–Trinajstić information content (AvgIpc) is 2.29. The normalized spacial score (nSPS) is 9.62. The monoisotopic (exact) mass is 223 g/mol. The number of hydrogen-bond acceptors (Lipinski definition) is 5. The molecule has 0 aliphatic carbocycles. The molecule has 16 heavy (non-hydrogen) atoms. The van der Waals surface area contributed by atoms with Gasteiger partial charge in [-0.25, -0.2) is 4.79 Å². The van der Waals surface area contributed by atoms with Gasteiger partial charge in [-0.15, -0.1) is 0 Å². The molecule has 1 aromatic carbocycles. The Balaban J connectivity index is 2.64. The first-order valence-electron chi connectivity index (χ1n) is 4.70. The molecule has 0 radical (unpaired) electrons. The number of carbonyl (C=O) groups is 2.